The summed E-state index contributed by atoms with van der Waals surface area (Å²) < 4.78 is 5.48. The van der Waals surface area contributed by atoms with Gasteiger partial charge in [-0.25, -0.2) is 4.79 Å². The first-order valence-electron chi connectivity index (χ1n) is 14.0. The molecule has 3 amide bonds. The topological polar surface area (TPSA) is 108 Å². The second-order valence-corrected chi connectivity index (χ2v) is 11.5. The first-order valence-corrected chi connectivity index (χ1v) is 14.0. The molecule has 1 aliphatic carbocycles. The summed E-state index contributed by atoms with van der Waals surface area (Å²) in [5.41, 5.74) is 1.51. The third kappa shape index (κ3) is 8.86. The third-order valence-corrected chi connectivity index (χ3v) is 6.66. The highest BCUT2D eigenvalue weighted by Gasteiger charge is 2.44. The maximum absolute atomic E-state index is 14.4. The van der Waals surface area contributed by atoms with Crippen molar-refractivity contribution in [2.75, 3.05) is 0 Å². The van der Waals surface area contributed by atoms with Crippen LogP contribution < -0.4 is 10.6 Å². The molecule has 3 N–H and O–H groups in total. The SMILES string of the molecule is C=Cc1cccc(C(C(=O)NC(C)CCC)N(C(=O)C(Cc2ccc(O)cc2)NC(=O)OC(C)(C)C)C2CC2)c1. The van der Waals surface area contributed by atoms with E-state index in [4.69, 9.17) is 4.74 Å². The molecule has 216 valence electrons. The van der Waals surface area contributed by atoms with Crippen molar-refractivity contribution in [3.8, 4) is 5.75 Å². The molecule has 0 heterocycles. The van der Waals surface area contributed by atoms with Crippen molar-refractivity contribution in [3.63, 3.8) is 0 Å². The first kappa shape index (κ1) is 30.7. The van der Waals surface area contributed by atoms with Crippen molar-refractivity contribution >= 4 is 24.0 Å². The summed E-state index contributed by atoms with van der Waals surface area (Å²) in [7, 11) is 0. The van der Waals surface area contributed by atoms with E-state index in [1.54, 1.807) is 43.9 Å². The number of alkyl carbamates (subject to hydrolysis) is 1. The van der Waals surface area contributed by atoms with Gasteiger partial charge in [0.05, 0.1) is 0 Å². The number of rotatable bonds is 12. The molecule has 0 radical (unpaired) electrons. The van der Waals surface area contributed by atoms with Crippen LogP contribution in [0.3, 0.4) is 0 Å². The van der Waals surface area contributed by atoms with E-state index in [1.807, 2.05) is 31.2 Å². The number of hydrogen-bond donors (Lipinski definition) is 3. The molecule has 0 spiro atoms. The third-order valence-electron chi connectivity index (χ3n) is 6.66. The molecule has 3 rings (SSSR count). The predicted molar refractivity (Wildman–Crippen MR) is 157 cm³/mol. The summed E-state index contributed by atoms with van der Waals surface area (Å²) in [5.74, 6) is -0.525. The van der Waals surface area contributed by atoms with Gasteiger partial charge in [0.25, 0.3) is 0 Å². The zero-order chi connectivity index (χ0) is 29.4. The first-order chi connectivity index (χ1) is 18.9. The fourth-order valence-corrected chi connectivity index (χ4v) is 4.69. The average Bonchev–Trinajstić information content (AvgIpc) is 3.72. The zero-order valence-electron chi connectivity index (χ0n) is 24.3. The lowest BCUT2D eigenvalue weighted by Crippen LogP contribution is -2.55. The predicted octanol–water partition coefficient (Wildman–Crippen LogP) is 5.51. The molecule has 0 aromatic heterocycles. The summed E-state index contributed by atoms with van der Waals surface area (Å²) in [6, 6.07) is 11.9. The Morgan fingerprint density at radius 1 is 1.12 bits per heavy atom. The van der Waals surface area contributed by atoms with Crippen molar-refractivity contribution in [1.29, 1.82) is 0 Å². The Kier molecular flexibility index (Phi) is 10.4. The Morgan fingerprint density at radius 3 is 2.38 bits per heavy atom. The van der Waals surface area contributed by atoms with E-state index in [2.05, 4.69) is 24.1 Å². The van der Waals surface area contributed by atoms with Gasteiger partial charge >= 0.3 is 6.09 Å². The Morgan fingerprint density at radius 2 is 1.80 bits per heavy atom. The number of phenols is 1. The fourth-order valence-electron chi connectivity index (χ4n) is 4.69. The largest absolute Gasteiger partial charge is 0.508 e. The highest BCUT2D eigenvalue weighted by molar-refractivity contribution is 5.93. The van der Waals surface area contributed by atoms with Gasteiger partial charge in [0, 0.05) is 18.5 Å². The van der Waals surface area contributed by atoms with E-state index in [0.717, 1.165) is 36.8 Å². The maximum atomic E-state index is 14.4. The van der Waals surface area contributed by atoms with Crippen LogP contribution in [-0.4, -0.2) is 51.6 Å². The summed E-state index contributed by atoms with van der Waals surface area (Å²) >= 11 is 0. The Bertz CT molecular complexity index is 1180. The monoisotopic (exact) mass is 549 g/mol. The molecule has 8 heteroatoms. The number of nitrogens with one attached hydrogen (secondary N) is 2. The van der Waals surface area contributed by atoms with Crippen LogP contribution in [0.25, 0.3) is 6.08 Å². The normalized spacial score (nSPS) is 15.3. The van der Waals surface area contributed by atoms with E-state index < -0.39 is 23.8 Å². The molecule has 40 heavy (non-hydrogen) atoms. The van der Waals surface area contributed by atoms with Crippen LogP contribution in [0.15, 0.2) is 55.1 Å². The smallest absolute Gasteiger partial charge is 0.408 e. The van der Waals surface area contributed by atoms with Gasteiger partial charge in [-0.05, 0) is 81.8 Å². The van der Waals surface area contributed by atoms with Gasteiger partial charge in [0.1, 0.15) is 23.4 Å². The molecule has 0 saturated heterocycles. The van der Waals surface area contributed by atoms with E-state index >= 15 is 0 Å². The van der Waals surface area contributed by atoms with Crippen LogP contribution >= 0.6 is 0 Å². The van der Waals surface area contributed by atoms with Crippen LogP contribution in [-0.2, 0) is 20.7 Å². The number of phenolic OH excluding ortho intramolecular Hbond substituents is 1. The number of carbonyl (C=O) groups is 3. The summed E-state index contributed by atoms with van der Waals surface area (Å²) in [6.45, 7) is 13.1. The number of nitrogens with zero attached hydrogens (tertiary/aromatic N) is 1. The molecule has 3 unspecified atom stereocenters. The summed E-state index contributed by atoms with van der Waals surface area (Å²) in [6.07, 6.45) is 4.41. The van der Waals surface area contributed by atoms with Crippen molar-refractivity contribution in [1.82, 2.24) is 15.5 Å². The standard InChI is InChI=1S/C32H43N3O5/c1-7-10-21(3)33-29(37)28(24-12-9-11-22(8-2)19-24)35(25-15-16-25)30(38)27(34-31(39)40-32(4,5)6)20-23-13-17-26(36)18-14-23/h8-9,11-14,17-19,21,25,27-28,36H,2,7,10,15-16,20H2,1,3-6H3,(H,33,37)(H,34,39). The number of ether oxygens (including phenoxy) is 1. The molecular formula is C32H43N3O5. The molecule has 2 aromatic rings. The lowest BCUT2D eigenvalue weighted by Gasteiger charge is -2.35. The highest BCUT2D eigenvalue weighted by Crippen LogP contribution is 2.36. The molecule has 3 atom stereocenters. The second-order valence-electron chi connectivity index (χ2n) is 11.5. The van der Waals surface area contributed by atoms with Gasteiger partial charge < -0.3 is 25.4 Å². The minimum absolute atomic E-state index is 0.0635. The van der Waals surface area contributed by atoms with Crippen LogP contribution in [0.1, 0.15) is 83.0 Å². The van der Waals surface area contributed by atoms with Gasteiger partial charge in [-0.3, -0.25) is 9.59 Å². The summed E-state index contributed by atoms with van der Waals surface area (Å²) in [5, 5.41) is 15.6. The number of amides is 3. The van der Waals surface area contributed by atoms with Gasteiger partial charge in [-0.15, -0.1) is 0 Å². The Labute approximate surface area is 237 Å². The van der Waals surface area contributed by atoms with Crippen LogP contribution in [0.4, 0.5) is 4.79 Å². The molecule has 1 saturated carbocycles. The van der Waals surface area contributed by atoms with Gasteiger partial charge in [-0.2, -0.15) is 0 Å². The van der Waals surface area contributed by atoms with Crippen molar-refractivity contribution < 1.29 is 24.2 Å². The Balaban J connectivity index is 2.02. The second kappa shape index (κ2) is 13.5. The number of aromatic hydroxyl groups is 1. The van der Waals surface area contributed by atoms with Gasteiger partial charge in [-0.1, -0.05) is 56.3 Å². The molecule has 0 aliphatic heterocycles. The lowest BCUT2D eigenvalue weighted by atomic mass is 9.98. The van der Waals surface area contributed by atoms with Gasteiger partial charge in [0.15, 0.2) is 0 Å². The lowest BCUT2D eigenvalue weighted by molar-refractivity contribution is -0.143. The average molecular weight is 550 g/mol. The van der Waals surface area contributed by atoms with Crippen LogP contribution in [0.2, 0.25) is 0 Å². The fraction of sp³-hybridized carbons (Fsp3) is 0.469. The summed E-state index contributed by atoms with van der Waals surface area (Å²) in [4.78, 5) is 42.8. The molecular weight excluding hydrogens is 506 g/mol. The van der Waals surface area contributed by atoms with Crippen LogP contribution in [0, 0.1) is 0 Å². The van der Waals surface area contributed by atoms with Gasteiger partial charge in [0.2, 0.25) is 11.8 Å². The van der Waals surface area contributed by atoms with Crippen molar-refractivity contribution in [3.05, 3.63) is 71.8 Å². The molecule has 2 aromatic carbocycles. The molecule has 1 fully saturated rings. The van der Waals surface area contributed by atoms with E-state index in [9.17, 15) is 19.5 Å². The molecule has 1 aliphatic rings. The quantitative estimate of drug-likeness (QED) is 0.324. The minimum Gasteiger partial charge on any atom is -0.508 e. The number of carbonyl (C=O) groups excluding carboxylic acids is 3. The molecule has 0 bridgehead atoms. The van der Waals surface area contributed by atoms with Crippen molar-refractivity contribution in [2.24, 2.45) is 0 Å². The Hall–Kier alpha value is -3.81. The van der Waals surface area contributed by atoms with Crippen LogP contribution in [0.5, 0.6) is 5.75 Å². The maximum Gasteiger partial charge on any atom is 0.408 e. The van der Waals surface area contributed by atoms with Crippen molar-refractivity contribution in [2.45, 2.75) is 96.5 Å². The van der Waals surface area contributed by atoms with E-state index in [-0.39, 0.29) is 36.1 Å². The zero-order valence-corrected chi connectivity index (χ0v) is 24.3. The highest BCUT2D eigenvalue weighted by atomic mass is 16.6. The van der Waals surface area contributed by atoms with E-state index in [1.165, 1.54) is 12.1 Å². The molecule has 8 nitrogen and oxygen atoms in total. The van der Waals surface area contributed by atoms with E-state index in [0.29, 0.717) is 5.56 Å². The number of hydrogen-bond acceptors (Lipinski definition) is 5. The number of benzene rings is 2. The minimum atomic E-state index is -0.994.